The van der Waals surface area contributed by atoms with Crippen molar-refractivity contribution >= 4 is 35.2 Å². The predicted octanol–water partition coefficient (Wildman–Crippen LogP) is 3.41. The van der Waals surface area contributed by atoms with Crippen LogP contribution in [0.5, 0.6) is 0 Å². The summed E-state index contributed by atoms with van der Waals surface area (Å²) in [5.41, 5.74) is 2.74. The van der Waals surface area contributed by atoms with Crippen LogP contribution in [0.25, 0.3) is 6.08 Å². The molecule has 0 saturated carbocycles. The van der Waals surface area contributed by atoms with Gasteiger partial charge in [-0.05, 0) is 45.0 Å². The summed E-state index contributed by atoms with van der Waals surface area (Å²) in [4.78, 5) is 24.0. The highest BCUT2D eigenvalue weighted by Gasteiger charge is 2.18. The molecule has 0 aliphatic carbocycles. The van der Waals surface area contributed by atoms with Crippen LogP contribution in [0.2, 0.25) is 5.02 Å². The molecule has 0 aliphatic heterocycles. The van der Waals surface area contributed by atoms with Gasteiger partial charge in [-0.2, -0.15) is 5.10 Å². The molecule has 1 atom stereocenters. The Hall–Kier alpha value is -2.67. The fourth-order valence-electron chi connectivity index (χ4n) is 2.27. The van der Waals surface area contributed by atoms with E-state index < -0.39 is 23.8 Å². The zero-order valence-corrected chi connectivity index (χ0v) is 15.6. The van der Waals surface area contributed by atoms with E-state index in [0.717, 1.165) is 23.0 Å². The van der Waals surface area contributed by atoms with Gasteiger partial charge in [0.1, 0.15) is 5.82 Å². The van der Waals surface area contributed by atoms with Crippen molar-refractivity contribution in [3.63, 3.8) is 0 Å². The summed E-state index contributed by atoms with van der Waals surface area (Å²) >= 11 is 5.85. The highest BCUT2D eigenvalue weighted by molar-refractivity contribution is 6.33. The van der Waals surface area contributed by atoms with Crippen molar-refractivity contribution in [1.29, 1.82) is 0 Å². The van der Waals surface area contributed by atoms with Crippen molar-refractivity contribution in [1.82, 2.24) is 9.78 Å². The number of hydrogen-bond acceptors (Lipinski definition) is 4. The van der Waals surface area contributed by atoms with E-state index in [1.165, 1.54) is 25.1 Å². The lowest BCUT2D eigenvalue weighted by Gasteiger charge is -2.13. The minimum Gasteiger partial charge on any atom is -0.449 e. The van der Waals surface area contributed by atoms with Crippen LogP contribution in [-0.2, 0) is 21.4 Å². The van der Waals surface area contributed by atoms with Gasteiger partial charge in [-0.3, -0.25) is 9.48 Å². The third-order valence-electron chi connectivity index (χ3n) is 3.80. The Balaban J connectivity index is 1.97. The van der Waals surface area contributed by atoms with Crippen LogP contribution in [0.15, 0.2) is 24.3 Å². The topological polar surface area (TPSA) is 73.2 Å². The lowest BCUT2D eigenvalue weighted by Crippen LogP contribution is -2.29. The number of carbonyl (C=O) groups excluding carboxylic acids is 2. The molecule has 0 radical (unpaired) electrons. The third kappa shape index (κ3) is 4.70. The number of hydrogen-bond donors (Lipinski definition) is 1. The monoisotopic (exact) mass is 379 g/mol. The Morgan fingerprint density at radius 3 is 2.65 bits per heavy atom. The number of benzene rings is 1. The van der Waals surface area contributed by atoms with E-state index in [2.05, 4.69) is 10.4 Å². The normalized spacial score (nSPS) is 12.2. The van der Waals surface area contributed by atoms with Gasteiger partial charge in [-0.1, -0.05) is 11.6 Å². The summed E-state index contributed by atoms with van der Waals surface area (Å²) in [6.45, 7) is 5.15. The maximum absolute atomic E-state index is 13.0. The molecule has 0 aliphatic rings. The number of anilines is 1. The summed E-state index contributed by atoms with van der Waals surface area (Å²) in [5.74, 6) is -1.76. The number of nitrogens with zero attached hydrogens (tertiary/aromatic N) is 2. The SMILES string of the molecule is Cc1nn(C)c(C)c1/C=C/C(=O)O[C@H](C)C(=O)Nc1ccc(F)cc1Cl. The molecule has 8 heteroatoms. The fourth-order valence-corrected chi connectivity index (χ4v) is 2.49. The van der Waals surface area contributed by atoms with E-state index in [-0.39, 0.29) is 10.7 Å². The van der Waals surface area contributed by atoms with Gasteiger partial charge < -0.3 is 10.1 Å². The van der Waals surface area contributed by atoms with Crippen molar-refractivity contribution in [2.45, 2.75) is 26.9 Å². The molecule has 0 bridgehead atoms. The van der Waals surface area contributed by atoms with Crippen molar-refractivity contribution in [3.05, 3.63) is 52.1 Å². The quantitative estimate of drug-likeness (QED) is 0.638. The number of aryl methyl sites for hydroxylation is 2. The first-order valence-electron chi connectivity index (χ1n) is 7.84. The van der Waals surface area contributed by atoms with Crippen molar-refractivity contribution in [2.24, 2.45) is 7.05 Å². The molecule has 1 N–H and O–H groups in total. The first kappa shape index (κ1) is 19.7. The molecule has 1 heterocycles. The van der Waals surface area contributed by atoms with E-state index in [9.17, 15) is 14.0 Å². The van der Waals surface area contributed by atoms with Crippen molar-refractivity contribution < 1.29 is 18.7 Å². The van der Waals surface area contributed by atoms with Crippen LogP contribution in [0.1, 0.15) is 23.9 Å². The van der Waals surface area contributed by atoms with Crippen molar-refractivity contribution in [2.75, 3.05) is 5.32 Å². The van der Waals surface area contributed by atoms with Gasteiger partial charge in [0.25, 0.3) is 5.91 Å². The Labute approximate surface area is 155 Å². The molecule has 138 valence electrons. The average molecular weight is 380 g/mol. The summed E-state index contributed by atoms with van der Waals surface area (Å²) in [7, 11) is 1.81. The fraction of sp³-hybridized carbons (Fsp3) is 0.278. The number of nitrogens with one attached hydrogen (secondary N) is 1. The smallest absolute Gasteiger partial charge is 0.331 e. The number of amides is 1. The average Bonchev–Trinajstić information content (AvgIpc) is 2.80. The molecular weight excluding hydrogens is 361 g/mol. The zero-order chi connectivity index (χ0) is 19.4. The van der Waals surface area contributed by atoms with Gasteiger partial charge in [-0.15, -0.1) is 0 Å². The van der Waals surface area contributed by atoms with E-state index in [1.807, 2.05) is 20.9 Å². The standard InChI is InChI=1S/C18H19ClFN3O3/c1-10-14(11(2)23(4)22-10)6-8-17(24)26-12(3)18(25)21-16-7-5-13(20)9-15(16)19/h5-9,12H,1-4H3,(H,21,25)/b8-6+/t12-/m1/s1. The Bertz CT molecular complexity index is 877. The molecule has 2 rings (SSSR count). The molecule has 0 spiro atoms. The Kier molecular flexibility index (Phi) is 6.15. The Morgan fingerprint density at radius 1 is 1.38 bits per heavy atom. The summed E-state index contributed by atoms with van der Waals surface area (Å²) in [5, 5.41) is 6.79. The third-order valence-corrected chi connectivity index (χ3v) is 4.11. The van der Waals surface area contributed by atoms with Gasteiger partial charge in [0, 0.05) is 24.4 Å². The van der Waals surface area contributed by atoms with E-state index >= 15 is 0 Å². The van der Waals surface area contributed by atoms with Crippen LogP contribution >= 0.6 is 11.6 Å². The first-order chi connectivity index (χ1) is 12.2. The van der Waals surface area contributed by atoms with Gasteiger partial charge in [0.05, 0.1) is 16.4 Å². The summed E-state index contributed by atoms with van der Waals surface area (Å²) in [6.07, 6.45) is 1.79. The second kappa shape index (κ2) is 8.14. The predicted molar refractivity (Wildman–Crippen MR) is 97.3 cm³/mol. The van der Waals surface area contributed by atoms with Crippen LogP contribution in [0.4, 0.5) is 10.1 Å². The lowest BCUT2D eigenvalue weighted by atomic mass is 10.2. The van der Waals surface area contributed by atoms with E-state index in [0.29, 0.717) is 0 Å². The molecule has 0 saturated heterocycles. The molecular formula is C18H19ClFN3O3. The number of rotatable bonds is 5. The van der Waals surface area contributed by atoms with Gasteiger partial charge in [0.2, 0.25) is 0 Å². The molecule has 0 fully saturated rings. The molecule has 2 aromatic rings. The summed E-state index contributed by atoms with van der Waals surface area (Å²) in [6, 6.07) is 3.58. The Morgan fingerprint density at radius 2 is 2.08 bits per heavy atom. The van der Waals surface area contributed by atoms with Crippen LogP contribution in [-0.4, -0.2) is 27.8 Å². The molecule has 1 aromatic carbocycles. The van der Waals surface area contributed by atoms with Gasteiger partial charge in [0.15, 0.2) is 6.10 Å². The maximum Gasteiger partial charge on any atom is 0.331 e. The number of halogens is 2. The molecule has 0 unspecified atom stereocenters. The van der Waals surface area contributed by atoms with Crippen LogP contribution in [0, 0.1) is 19.7 Å². The number of carbonyl (C=O) groups is 2. The van der Waals surface area contributed by atoms with Gasteiger partial charge >= 0.3 is 5.97 Å². The highest BCUT2D eigenvalue weighted by Crippen LogP contribution is 2.22. The largest absolute Gasteiger partial charge is 0.449 e. The zero-order valence-electron chi connectivity index (χ0n) is 14.8. The van der Waals surface area contributed by atoms with E-state index in [4.69, 9.17) is 16.3 Å². The molecule has 1 amide bonds. The number of aromatic nitrogens is 2. The lowest BCUT2D eigenvalue weighted by molar-refractivity contribution is -0.148. The summed E-state index contributed by atoms with van der Waals surface area (Å²) < 4.78 is 19.8. The number of ether oxygens (including phenoxy) is 1. The minimum atomic E-state index is -1.05. The maximum atomic E-state index is 13.0. The molecule has 6 nitrogen and oxygen atoms in total. The first-order valence-corrected chi connectivity index (χ1v) is 8.21. The second-order valence-corrected chi connectivity index (χ2v) is 6.14. The van der Waals surface area contributed by atoms with E-state index in [1.54, 1.807) is 10.8 Å². The van der Waals surface area contributed by atoms with Crippen LogP contribution in [0.3, 0.4) is 0 Å². The highest BCUT2D eigenvalue weighted by atomic mass is 35.5. The minimum absolute atomic E-state index is 0.0549. The van der Waals surface area contributed by atoms with Crippen molar-refractivity contribution in [3.8, 4) is 0 Å². The second-order valence-electron chi connectivity index (χ2n) is 5.73. The molecule has 1 aromatic heterocycles. The number of esters is 1. The molecule has 26 heavy (non-hydrogen) atoms. The van der Waals surface area contributed by atoms with Crippen LogP contribution < -0.4 is 5.32 Å². The van der Waals surface area contributed by atoms with Gasteiger partial charge in [-0.25, -0.2) is 9.18 Å².